The molecule has 0 spiro atoms. The molecule has 0 aliphatic carbocycles. The number of para-hydroxylation sites is 1. The van der Waals surface area contributed by atoms with Crippen molar-refractivity contribution >= 4 is 11.7 Å². The third-order valence-corrected chi connectivity index (χ3v) is 2.34. The molecule has 0 aromatic heterocycles. The number of anilines is 1. The predicted octanol–water partition coefficient (Wildman–Crippen LogP) is 1.97. The molecule has 0 bridgehead atoms. The van der Waals surface area contributed by atoms with Crippen molar-refractivity contribution in [1.29, 1.82) is 0 Å². The molecule has 1 N–H and O–H groups in total. The standard InChI is InChI=1S/C13H20N2O2/c1-4-17-13(16)10-11(2)14-15(3)12-8-6-5-7-9-12/h5-9,11,14H,4,10H2,1-3H3. The van der Waals surface area contributed by atoms with E-state index < -0.39 is 0 Å². The maximum atomic E-state index is 11.3. The van der Waals surface area contributed by atoms with Crippen molar-refractivity contribution in [2.75, 3.05) is 18.7 Å². The van der Waals surface area contributed by atoms with Crippen LogP contribution in [-0.4, -0.2) is 25.7 Å². The summed E-state index contributed by atoms with van der Waals surface area (Å²) in [5, 5.41) is 1.91. The van der Waals surface area contributed by atoms with Crippen LogP contribution < -0.4 is 10.4 Å². The van der Waals surface area contributed by atoms with E-state index in [0.717, 1.165) is 5.69 Å². The number of hydrogen-bond donors (Lipinski definition) is 1. The van der Waals surface area contributed by atoms with Crippen molar-refractivity contribution in [3.8, 4) is 0 Å². The molecule has 4 heteroatoms. The predicted molar refractivity (Wildman–Crippen MR) is 68.7 cm³/mol. The largest absolute Gasteiger partial charge is 0.466 e. The molecule has 0 amide bonds. The lowest BCUT2D eigenvalue weighted by molar-refractivity contribution is -0.143. The van der Waals surface area contributed by atoms with Gasteiger partial charge in [0.1, 0.15) is 0 Å². The molecule has 1 unspecified atom stereocenters. The van der Waals surface area contributed by atoms with Crippen molar-refractivity contribution in [3.63, 3.8) is 0 Å². The highest BCUT2D eigenvalue weighted by Crippen LogP contribution is 2.09. The first kappa shape index (κ1) is 13.5. The average molecular weight is 236 g/mol. The fourth-order valence-electron chi connectivity index (χ4n) is 1.57. The quantitative estimate of drug-likeness (QED) is 0.605. The van der Waals surface area contributed by atoms with Crippen LogP contribution >= 0.6 is 0 Å². The van der Waals surface area contributed by atoms with Gasteiger partial charge in [0, 0.05) is 13.1 Å². The van der Waals surface area contributed by atoms with Crippen molar-refractivity contribution in [3.05, 3.63) is 30.3 Å². The second kappa shape index (κ2) is 6.91. The fourth-order valence-corrected chi connectivity index (χ4v) is 1.57. The highest BCUT2D eigenvalue weighted by Gasteiger charge is 2.11. The molecule has 1 atom stereocenters. The molecule has 0 aliphatic rings. The first-order valence-corrected chi connectivity index (χ1v) is 5.84. The normalized spacial score (nSPS) is 11.9. The molecule has 1 aromatic rings. The number of nitrogens with zero attached hydrogens (tertiary/aromatic N) is 1. The van der Waals surface area contributed by atoms with E-state index in [2.05, 4.69) is 5.43 Å². The molecule has 0 radical (unpaired) electrons. The molecule has 94 valence electrons. The van der Waals surface area contributed by atoms with Crippen LogP contribution in [0.3, 0.4) is 0 Å². The molecule has 0 saturated carbocycles. The van der Waals surface area contributed by atoms with Gasteiger partial charge in [0.25, 0.3) is 0 Å². The number of hydrazine groups is 1. The summed E-state index contributed by atoms with van der Waals surface area (Å²) in [6, 6.07) is 9.97. The van der Waals surface area contributed by atoms with Crippen LogP contribution in [0, 0.1) is 0 Å². The van der Waals surface area contributed by atoms with Gasteiger partial charge in [-0.1, -0.05) is 18.2 Å². The van der Waals surface area contributed by atoms with Gasteiger partial charge in [-0.05, 0) is 26.0 Å². The zero-order chi connectivity index (χ0) is 12.7. The number of rotatable bonds is 6. The zero-order valence-electron chi connectivity index (χ0n) is 10.6. The summed E-state index contributed by atoms with van der Waals surface area (Å²) < 4.78 is 4.90. The minimum atomic E-state index is -0.172. The van der Waals surface area contributed by atoms with Gasteiger partial charge >= 0.3 is 5.97 Å². The molecule has 1 aromatic carbocycles. The van der Waals surface area contributed by atoms with Crippen LogP contribution in [0.5, 0.6) is 0 Å². The Morgan fingerprint density at radius 3 is 2.65 bits per heavy atom. The molecule has 17 heavy (non-hydrogen) atoms. The van der Waals surface area contributed by atoms with Gasteiger partial charge in [0.2, 0.25) is 0 Å². The number of ether oxygens (including phenoxy) is 1. The number of carbonyl (C=O) groups excluding carboxylic acids is 1. The van der Waals surface area contributed by atoms with Crippen molar-refractivity contribution in [1.82, 2.24) is 5.43 Å². The Bertz CT molecular complexity index is 341. The van der Waals surface area contributed by atoms with E-state index in [9.17, 15) is 4.79 Å². The molecule has 0 heterocycles. The van der Waals surface area contributed by atoms with Gasteiger partial charge in [-0.15, -0.1) is 0 Å². The van der Waals surface area contributed by atoms with Crippen LogP contribution in [0.4, 0.5) is 5.69 Å². The first-order valence-electron chi connectivity index (χ1n) is 5.84. The summed E-state index contributed by atoms with van der Waals surface area (Å²) in [5.74, 6) is -0.172. The molecular weight excluding hydrogens is 216 g/mol. The fraction of sp³-hybridized carbons (Fsp3) is 0.462. The zero-order valence-corrected chi connectivity index (χ0v) is 10.6. The summed E-state index contributed by atoms with van der Waals surface area (Å²) in [7, 11) is 1.93. The lowest BCUT2D eigenvalue weighted by Crippen LogP contribution is -2.42. The minimum absolute atomic E-state index is 0.0410. The van der Waals surface area contributed by atoms with Crippen LogP contribution in [0.15, 0.2) is 30.3 Å². The molecule has 1 rings (SSSR count). The number of nitrogens with one attached hydrogen (secondary N) is 1. The summed E-state index contributed by atoms with van der Waals surface area (Å²) in [6.07, 6.45) is 0.366. The first-order chi connectivity index (χ1) is 8.13. The monoisotopic (exact) mass is 236 g/mol. The van der Waals surface area contributed by atoms with E-state index in [0.29, 0.717) is 13.0 Å². The van der Waals surface area contributed by atoms with Crippen LogP contribution in [0.25, 0.3) is 0 Å². The molecule has 0 aliphatic heterocycles. The number of hydrogen-bond acceptors (Lipinski definition) is 4. The van der Waals surface area contributed by atoms with Gasteiger partial charge in [-0.25, -0.2) is 5.43 Å². The highest BCUT2D eigenvalue weighted by atomic mass is 16.5. The van der Waals surface area contributed by atoms with E-state index >= 15 is 0 Å². The van der Waals surface area contributed by atoms with E-state index in [4.69, 9.17) is 4.74 Å². The van der Waals surface area contributed by atoms with E-state index in [-0.39, 0.29) is 12.0 Å². The number of esters is 1. The van der Waals surface area contributed by atoms with Gasteiger partial charge in [0.05, 0.1) is 18.7 Å². The van der Waals surface area contributed by atoms with Gasteiger partial charge in [-0.3, -0.25) is 4.79 Å². The van der Waals surface area contributed by atoms with E-state index in [1.807, 2.05) is 56.2 Å². The SMILES string of the molecule is CCOC(=O)CC(C)NN(C)c1ccccc1. The minimum Gasteiger partial charge on any atom is -0.466 e. The topological polar surface area (TPSA) is 41.6 Å². The smallest absolute Gasteiger partial charge is 0.307 e. The van der Waals surface area contributed by atoms with E-state index in [1.54, 1.807) is 0 Å². The van der Waals surface area contributed by atoms with Crippen molar-refractivity contribution in [2.45, 2.75) is 26.3 Å². The maximum absolute atomic E-state index is 11.3. The Morgan fingerprint density at radius 1 is 1.41 bits per heavy atom. The third kappa shape index (κ3) is 4.87. The summed E-state index contributed by atoms with van der Waals surface area (Å²) in [6.45, 7) is 4.20. The van der Waals surface area contributed by atoms with E-state index in [1.165, 1.54) is 0 Å². The highest BCUT2D eigenvalue weighted by molar-refractivity contribution is 5.70. The Hall–Kier alpha value is -1.55. The Labute approximate surface area is 103 Å². The molecule has 4 nitrogen and oxygen atoms in total. The Morgan fingerprint density at radius 2 is 2.06 bits per heavy atom. The summed E-state index contributed by atoms with van der Waals surface area (Å²) >= 11 is 0. The summed E-state index contributed by atoms with van der Waals surface area (Å²) in [4.78, 5) is 11.3. The second-order valence-electron chi connectivity index (χ2n) is 3.93. The third-order valence-electron chi connectivity index (χ3n) is 2.34. The van der Waals surface area contributed by atoms with Gasteiger partial charge in [-0.2, -0.15) is 0 Å². The number of benzene rings is 1. The van der Waals surface area contributed by atoms with Gasteiger partial charge < -0.3 is 9.75 Å². The number of carbonyl (C=O) groups is 1. The van der Waals surface area contributed by atoms with Crippen LogP contribution in [-0.2, 0) is 9.53 Å². The lowest BCUT2D eigenvalue weighted by Gasteiger charge is -2.24. The van der Waals surface area contributed by atoms with Crippen LogP contribution in [0.1, 0.15) is 20.3 Å². The Balaban J connectivity index is 2.41. The molecule has 0 saturated heterocycles. The summed E-state index contributed by atoms with van der Waals surface area (Å²) in [5.41, 5.74) is 4.28. The lowest BCUT2D eigenvalue weighted by atomic mass is 10.2. The second-order valence-corrected chi connectivity index (χ2v) is 3.93. The molecular formula is C13H20N2O2. The van der Waals surface area contributed by atoms with Gasteiger partial charge in [0.15, 0.2) is 0 Å². The molecule has 0 fully saturated rings. The maximum Gasteiger partial charge on any atom is 0.307 e. The van der Waals surface area contributed by atoms with Crippen molar-refractivity contribution < 1.29 is 9.53 Å². The average Bonchev–Trinajstić information content (AvgIpc) is 2.30. The van der Waals surface area contributed by atoms with Crippen molar-refractivity contribution in [2.24, 2.45) is 0 Å². The van der Waals surface area contributed by atoms with Crippen LogP contribution in [0.2, 0.25) is 0 Å². The Kier molecular flexibility index (Phi) is 5.49.